The minimum Gasteiger partial charge on any atom is -1.00 e. The second-order valence-electron chi connectivity index (χ2n) is 8.13. The van der Waals surface area contributed by atoms with Gasteiger partial charge in [0.05, 0.1) is 41.0 Å². The topological polar surface area (TPSA) is 18.5 Å². The lowest BCUT2D eigenvalue weighted by Gasteiger charge is -2.23. The van der Waals surface area contributed by atoms with Crippen LogP contribution in [0.5, 0.6) is 0 Å². The van der Waals surface area contributed by atoms with Crippen molar-refractivity contribution in [1.82, 2.24) is 0 Å². The second-order valence-corrected chi connectivity index (χ2v) is 8.13. The van der Waals surface area contributed by atoms with E-state index in [1.54, 1.807) is 0 Å². The molecule has 4 heteroatoms. The molecule has 0 saturated carbocycles. The molecule has 0 aliphatic rings. The van der Waals surface area contributed by atoms with E-state index in [-0.39, 0.29) is 17.0 Å². The molecular formula is C21H46BrNO2. The monoisotopic (exact) mass is 423 g/mol. The normalized spacial score (nSPS) is 11.5. The molecule has 0 spiro atoms. The fraction of sp³-hybridized carbons (Fsp3) is 1.00. The smallest absolute Gasteiger partial charge is 0.102 e. The average Bonchev–Trinajstić information content (AvgIpc) is 2.52. The molecule has 154 valence electrons. The Morgan fingerprint density at radius 3 is 1.36 bits per heavy atom. The van der Waals surface area contributed by atoms with Crippen molar-refractivity contribution in [3.63, 3.8) is 0 Å². The van der Waals surface area contributed by atoms with Gasteiger partial charge in [-0.3, -0.25) is 0 Å². The van der Waals surface area contributed by atoms with E-state index in [9.17, 15) is 0 Å². The summed E-state index contributed by atoms with van der Waals surface area (Å²) >= 11 is 0. The first kappa shape index (κ1) is 27.6. The summed E-state index contributed by atoms with van der Waals surface area (Å²) in [5, 5.41) is 0. The van der Waals surface area contributed by atoms with Crippen molar-refractivity contribution in [2.24, 2.45) is 0 Å². The van der Waals surface area contributed by atoms with Crippen LogP contribution in [-0.2, 0) is 9.47 Å². The SMILES string of the molecule is CCCCCCCCCCCCCCOCCOCC[N+](C)(C)C.[Br-]. The molecule has 0 rings (SSSR count). The zero-order valence-electron chi connectivity index (χ0n) is 17.7. The highest BCUT2D eigenvalue weighted by Gasteiger charge is 2.05. The standard InChI is InChI=1S/C21H46NO2.BrH/c1-5-6-7-8-9-10-11-12-13-14-15-16-18-23-20-21-24-19-17-22(2,3)4;/h5-21H2,1-4H3;1H/q+1;/p-1. The van der Waals surface area contributed by atoms with E-state index in [1.165, 1.54) is 77.0 Å². The summed E-state index contributed by atoms with van der Waals surface area (Å²) in [6.07, 6.45) is 16.7. The van der Waals surface area contributed by atoms with E-state index in [2.05, 4.69) is 28.1 Å². The van der Waals surface area contributed by atoms with Gasteiger partial charge in [0.2, 0.25) is 0 Å². The van der Waals surface area contributed by atoms with Crippen LogP contribution in [0.4, 0.5) is 0 Å². The molecule has 0 saturated heterocycles. The molecule has 0 aliphatic carbocycles. The number of rotatable bonds is 19. The van der Waals surface area contributed by atoms with Crippen LogP contribution < -0.4 is 17.0 Å². The molecule has 25 heavy (non-hydrogen) atoms. The zero-order valence-corrected chi connectivity index (χ0v) is 19.2. The molecule has 3 nitrogen and oxygen atoms in total. The van der Waals surface area contributed by atoms with Crippen molar-refractivity contribution >= 4 is 0 Å². The van der Waals surface area contributed by atoms with E-state index in [4.69, 9.17) is 9.47 Å². The molecule has 0 unspecified atom stereocenters. The van der Waals surface area contributed by atoms with Crippen LogP contribution >= 0.6 is 0 Å². The van der Waals surface area contributed by atoms with Crippen molar-refractivity contribution in [3.8, 4) is 0 Å². The molecule has 0 atom stereocenters. The third-order valence-corrected chi connectivity index (χ3v) is 4.42. The maximum absolute atomic E-state index is 5.63. The average molecular weight is 425 g/mol. The van der Waals surface area contributed by atoms with Crippen LogP contribution in [0.25, 0.3) is 0 Å². The van der Waals surface area contributed by atoms with Crippen LogP contribution in [-0.4, -0.2) is 58.6 Å². The molecule has 0 fully saturated rings. The number of nitrogens with zero attached hydrogens (tertiary/aromatic N) is 1. The lowest BCUT2D eigenvalue weighted by molar-refractivity contribution is -0.870. The van der Waals surface area contributed by atoms with Gasteiger partial charge in [0.15, 0.2) is 0 Å². The van der Waals surface area contributed by atoms with Gasteiger partial charge in [-0.15, -0.1) is 0 Å². The summed E-state index contributed by atoms with van der Waals surface area (Å²) in [4.78, 5) is 0. The minimum atomic E-state index is 0. The molecule has 0 aromatic rings. The zero-order chi connectivity index (χ0) is 17.9. The van der Waals surface area contributed by atoms with Gasteiger partial charge in [-0.05, 0) is 6.42 Å². The van der Waals surface area contributed by atoms with Crippen molar-refractivity contribution in [1.29, 1.82) is 0 Å². The molecular weight excluding hydrogens is 378 g/mol. The number of unbranched alkanes of at least 4 members (excludes halogenated alkanes) is 11. The Bertz CT molecular complexity index is 245. The van der Waals surface area contributed by atoms with E-state index in [0.717, 1.165) is 37.5 Å². The van der Waals surface area contributed by atoms with Gasteiger partial charge in [-0.1, -0.05) is 77.6 Å². The first-order valence-electron chi connectivity index (χ1n) is 10.5. The van der Waals surface area contributed by atoms with Gasteiger partial charge in [-0.25, -0.2) is 0 Å². The lowest BCUT2D eigenvalue weighted by Crippen LogP contribution is -3.00. The quantitative estimate of drug-likeness (QED) is 0.234. The van der Waals surface area contributed by atoms with Gasteiger partial charge >= 0.3 is 0 Å². The van der Waals surface area contributed by atoms with Crippen LogP contribution in [0.15, 0.2) is 0 Å². The molecule has 0 amide bonds. The van der Waals surface area contributed by atoms with Gasteiger partial charge in [0, 0.05) is 6.61 Å². The molecule has 0 N–H and O–H groups in total. The second kappa shape index (κ2) is 20.7. The van der Waals surface area contributed by atoms with E-state index in [0.29, 0.717) is 0 Å². The predicted molar refractivity (Wildman–Crippen MR) is 106 cm³/mol. The summed E-state index contributed by atoms with van der Waals surface area (Å²) in [5.41, 5.74) is 0. The van der Waals surface area contributed by atoms with Crippen LogP contribution in [0.3, 0.4) is 0 Å². The summed E-state index contributed by atoms with van der Waals surface area (Å²) in [6.45, 7) is 6.54. The predicted octanol–water partition coefficient (Wildman–Crippen LogP) is 2.43. The largest absolute Gasteiger partial charge is 1.00 e. The molecule has 0 aliphatic heterocycles. The fourth-order valence-corrected chi connectivity index (χ4v) is 2.71. The van der Waals surface area contributed by atoms with Crippen molar-refractivity contribution in [2.75, 3.05) is 54.1 Å². The van der Waals surface area contributed by atoms with Crippen molar-refractivity contribution in [2.45, 2.75) is 84.0 Å². The fourth-order valence-electron chi connectivity index (χ4n) is 2.71. The summed E-state index contributed by atoms with van der Waals surface area (Å²) in [7, 11) is 6.56. The molecule has 0 bridgehead atoms. The summed E-state index contributed by atoms with van der Waals surface area (Å²) in [6, 6.07) is 0. The number of likely N-dealkylation sites (N-methyl/N-ethyl adjacent to an activating group) is 1. The maximum atomic E-state index is 5.63. The van der Waals surface area contributed by atoms with Crippen molar-refractivity contribution < 1.29 is 30.9 Å². The van der Waals surface area contributed by atoms with Gasteiger partial charge in [0.25, 0.3) is 0 Å². The maximum Gasteiger partial charge on any atom is 0.102 e. The number of halogens is 1. The third kappa shape index (κ3) is 26.7. The first-order valence-corrected chi connectivity index (χ1v) is 10.5. The Labute approximate surface area is 169 Å². The van der Waals surface area contributed by atoms with E-state index >= 15 is 0 Å². The Morgan fingerprint density at radius 1 is 0.520 bits per heavy atom. The Morgan fingerprint density at radius 2 is 0.920 bits per heavy atom. The lowest BCUT2D eigenvalue weighted by atomic mass is 10.1. The first-order chi connectivity index (χ1) is 11.6. The number of quaternary nitrogens is 1. The number of ether oxygens (including phenoxy) is 2. The highest BCUT2D eigenvalue weighted by atomic mass is 79.9. The Balaban J connectivity index is 0. The number of hydrogen-bond donors (Lipinski definition) is 0. The molecule has 0 radical (unpaired) electrons. The molecule has 0 aromatic heterocycles. The number of hydrogen-bond acceptors (Lipinski definition) is 2. The summed E-state index contributed by atoms with van der Waals surface area (Å²) in [5.74, 6) is 0. The summed E-state index contributed by atoms with van der Waals surface area (Å²) < 4.78 is 12.2. The van der Waals surface area contributed by atoms with Gasteiger partial charge in [0.1, 0.15) is 6.54 Å². The van der Waals surface area contributed by atoms with Crippen LogP contribution in [0, 0.1) is 0 Å². The highest BCUT2D eigenvalue weighted by molar-refractivity contribution is 4.48. The van der Waals surface area contributed by atoms with Crippen LogP contribution in [0.1, 0.15) is 84.0 Å². The molecule has 0 aromatic carbocycles. The van der Waals surface area contributed by atoms with Gasteiger partial charge in [-0.2, -0.15) is 0 Å². The van der Waals surface area contributed by atoms with E-state index < -0.39 is 0 Å². The Kier molecular flexibility index (Phi) is 22.8. The van der Waals surface area contributed by atoms with Crippen molar-refractivity contribution in [3.05, 3.63) is 0 Å². The highest BCUT2D eigenvalue weighted by Crippen LogP contribution is 2.11. The van der Waals surface area contributed by atoms with Gasteiger partial charge < -0.3 is 30.9 Å². The van der Waals surface area contributed by atoms with Crippen LogP contribution in [0.2, 0.25) is 0 Å². The Hall–Kier alpha value is 0.360. The minimum absolute atomic E-state index is 0. The third-order valence-electron chi connectivity index (χ3n) is 4.42. The molecule has 0 heterocycles. The van der Waals surface area contributed by atoms with E-state index in [1.807, 2.05) is 0 Å².